The lowest BCUT2D eigenvalue weighted by molar-refractivity contribution is -0.385. The standard InChI is InChI=1S/C36H38Cl2N4O7S/c1-24-14-16-29(21-30(24)42(45)46)50(47,48)41(31-20-28(38)15-17-33(31)49-5)23-34(43)40(22-26-12-9-13-27(37)18-26)32(35(44)39-36(2,3)4)19-25-10-7-6-8-11-25/h6-18,20-21,32H,19,22-23H2,1-5H3,(H,39,44). The Kier molecular flexibility index (Phi) is 12.2. The van der Waals surface area contributed by atoms with Gasteiger partial charge in [0.2, 0.25) is 11.8 Å². The van der Waals surface area contributed by atoms with Crippen molar-refractivity contribution in [2.24, 2.45) is 0 Å². The van der Waals surface area contributed by atoms with E-state index < -0.39 is 55.5 Å². The van der Waals surface area contributed by atoms with Crippen LogP contribution in [0.15, 0.2) is 95.9 Å². The van der Waals surface area contributed by atoms with E-state index in [1.54, 1.807) is 24.3 Å². The van der Waals surface area contributed by atoms with Crippen LogP contribution in [0.25, 0.3) is 0 Å². The van der Waals surface area contributed by atoms with Gasteiger partial charge in [-0.1, -0.05) is 71.7 Å². The van der Waals surface area contributed by atoms with Crippen molar-refractivity contribution in [1.82, 2.24) is 10.2 Å². The quantitative estimate of drug-likeness (QED) is 0.115. The molecule has 0 spiro atoms. The molecule has 0 fully saturated rings. The van der Waals surface area contributed by atoms with E-state index in [9.17, 15) is 28.1 Å². The van der Waals surface area contributed by atoms with Crippen LogP contribution in [-0.4, -0.2) is 55.3 Å². The molecule has 4 aromatic rings. The Morgan fingerprint density at radius 3 is 2.20 bits per heavy atom. The van der Waals surface area contributed by atoms with Gasteiger partial charge in [-0.3, -0.25) is 24.0 Å². The molecule has 4 rings (SSSR count). The van der Waals surface area contributed by atoms with Crippen molar-refractivity contribution in [1.29, 1.82) is 0 Å². The normalized spacial score (nSPS) is 12.1. The van der Waals surface area contributed by atoms with E-state index in [2.05, 4.69) is 5.32 Å². The molecule has 2 amide bonds. The van der Waals surface area contributed by atoms with Gasteiger partial charge in [0.15, 0.2) is 0 Å². The summed E-state index contributed by atoms with van der Waals surface area (Å²) in [5, 5.41) is 15.3. The summed E-state index contributed by atoms with van der Waals surface area (Å²) in [6, 6.07) is 22.6. The predicted molar refractivity (Wildman–Crippen MR) is 194 cm³/mol. The number of hydrogen-bond donors (Lipinski definition) is 1. The molecule has 0 aliphatic rings. The van der Waals surface area contributed by atoms with Gasteiger partial charge in [0.05, 0.1) is 22.6 Å². The molecular weight excluding hydrogens is 703 g/mol. The van der Waals surface area contributed by atoms with Crippen molar-refractivity contribution in [3.8, 4) is 5.75 Å². The maximum atomic E-state index is 14.7. The summed E-state index contributed by atoms with van der Waals surface area (Å²) in [6.45, 7) is 6.00. The number of ether oxygens (including phenoxy) is 1. The molecule has 11 nitrogen and oxygen atoms in total. The van der Waals surface area contributed by atoms with E-state index in [0.717, 1.165) is 15.9 Å². The highest BCUT2D eigenvalue weighted by atomic mass is 35.5. The monoisotopic (exact) mass is 740 g/mol. The van der Waals surface area contributed by atoms with E-state index in [1.165, 1.54) is 49.3 Å². The molecule has 0 heterocycles. The molecule has 4 aromatic carbocycles. The van der Waals surface area contributed by atoms with E-state index in [0.29, 0.717) is 10.6 Å². The second-order valence-electron chi connectivity index (χ2n) is 12.6. The van der Waals surface area contributed by atoms with Gasteiger partial charge >= 0.3 is 0 Å². The summed E-state index contributed by atoms with van der Waals surface area (Å²) in [7, 11) is -3.37. The van der Waals surface area contributed by atoms with Gasteiger partial charge in [0, 0.05) is 40.2 Å². The average Bonchev–Trinajstić information content (AvgIpc) is 3.04. The molecule has 0 aliphatic heterocycles. The molecule has 0 radical (unpaired) electrons. The minimum Gasteiger partial charge on any atom is -0.495 e. The molecule has 0 saturated heterocycles. The predicted octanol–water partition coefficient (Wildman–Crippen LogP) is 6.97. The number of nitrogens with one attached hydrogen (secondary N) is 1. The summed E-state index contributed by atoms with van der Waals surface area (Å²) in [5.74, 6) is -1.14. The number of nitro benzene ring substituents is 1. The zero-order valence-electron chi connectivity index (χ0n) is 28.2. The summed E-state index contributed by atoms with van der Waals surface area (Å²) in [4.78, 5) is 40.8. The van der Waals surface area contributed by atoms with Crippen molar-refractivity contribution in [3.63, 3.8) is 0 Å². The number of carbonyl (C=O) groups is 2. The average molecular weight is 742 g/mol. The number of nitrogens with zero attached hydrogens (tertiary/aromatic N) is 3. The summed E-state index contributed by atoms with van der Waals surface area (Å²) in [5.41, 5.74) is 0.436. The third-order valence-electron chi connectivity index (χ3n) is 7.66. The zero-order chi connectivity index (χ0) is 36.8. The Bertz CT molecular complexity index is 1990. The highest BCUT2D eigenvalue weighted by molar-refractivity contribution is 7.92. The number of aryl methyl sites for hydroxylation is 1. The number of benzene rings is 4. The number of hydrogen-bond acceptors (Lipinski definition) is 7. The smallest absolute Gasteiger partial charge is 0.273 e. The van der Waals surface area contributed by atoms with Gasteiger partial charge in [-0.15, -0.1) is 0 Å². The Morgan fingerprint density at radius 1 is 0.920 bits per heavy atom. The first-order chi connectivity index (χ1) is 23.5. The van der Waals surface area contributed by atoms with Crippen LogP contribution in [-0.2, 0) is 32.6 Å². The Labute approximate surface area is 302 Å². The second kappa shape index (κ2) is 15.9. The van der Waals surface area contributed by atoms with E-state index in [4.69, 9.17) is 27.9 Å². The number of anilines is 1. The topological polar surface area (TPSA) is 139 Å². The summed E-state index contributed by atoms with van der Waals surface area (Å²) < 4.78 is 35.2. The van der Waals surface area contributed by atoms with Crippen LogP contribution in [0.3, 0.4) is 0 Å². The van der Waals surface area contributed by atoms with Crippen LogP contribution in [0.2, 0.25) is 10.0 Å². The lowest BCUT2D eigenvalue weighted by Crippen LogP contribution is -2.56. The number of rotatable bonds is 13. The first-order valence-electron chi connectivity index (χ1n) is 15.5. The maximum Gasteiger partial charge on any atom is 0.273 e. The van der Waals surface area contributed by atoms with Crippen LogP contribution >= 0.6 is 23.2 Å². The van der Waals surface area contributed by atoms with Crippen LogP contribution in [0.4, 0.5) is 11.4 Å². The number of nitro groups is 1. The fraction of sp³-hybridized carbons (Fsp3) is 0.278. The Balaban J connectivity index is 1.91. The number of halogens is 2. The summed E-state index contributed by atoms with van der Waals surface area (Å²) >= 11 is 12.6. The van der Waals surface area contributed by atoms with Gasteiger partial charge in [-0.25, -0.2) is 8.42 Å². The van der Waals surface area contributed by atoms with Crippen LogP contribution in [0.1, 0.15) is 37.5 Å². The van der Waals surface area contributed by atoms with E-state index in [-0.39, 0.29) is 35.0 Å². The number of carbonyl (C=O) groups excluding carboxylic acids is 2. The largest absolute Gasteiger partial charge is 0.495 e. The Hall–Kier alpha value is -4.65. The number of sulfonamides is 1. The molecule has 264 valence electrons. The molecular formula is C36H38Cl2N4O7S. The summed E-state index contributed by atoms with van der Waals surface area (Å²) in [6.07, 6.45) is 0.104. The Morgan fingerprint density at radius 2 is 1.58 bits per heavy atom. The first kappa shape index (κ1) is 38.2. The number of amides is 2. The van der Waals surface area contributed by atoms with Crippen molar-refractivity contribution >= 4 is 56.4 Å². The molecule has 0 aromatic heterocycles. The van der Waals surface area contributed by atoms with Gasteiger partial charge in [-0.2, -0.15) is 0 Å². The van der Waals surface area contributed by atoms with Gasteiger partial charge in [0.1, 0.15) is 18.3 Å². The van der Waals surface area contributed by atoms with Gasteiger partial charge in [0.25, 0.3) is 15.7 Å². The van der Waals surface area contributed by atoms with Crippen LogP contribution < -0.4 is 14.4 Å². The highest BCUT2D eigenvalue weighted by Gasteiger charge is 2.37. The van der Waals surface area contributed by atoms with Crippen molar-refractivity contribution < 1.29 is 27.7 Å². The lowest BCUT2D eigenvalue weighted by Gasteiger charge is -2.35. The molecule has 0 aliphatic carbocycles. The molecule has 14 heteroatoms. The number of methoxy groups -OCH3 is 1. The second-order valence-corrected chi connectivity index (χ2v) is 15.4. The van der Waals surface area contributed by atoms with Crippen molar-refractivity contribution in [2.45, 2.75) is 57.1 Å². The molecule has 1 unspecified atom stereocenters. The fourth-order valence-corrected chi connectivity index (χ4v) is 7.10. The minimum atomic E-state index is -4.70. The van der Waals surface area contributed by atoms with E-state index in [1.807, 2.05) is 51.1 Å². The minimum absolute atomic E-state index is 0.0695. The van der Waals surface area contributed by atoms with Crippen LogP contribution in [0.5, 0.6) is 5.75 Å². The zero-order valence-corrected chi connectivity index (χ0v) is 30.6. The molecule has 1 atom stereocenters. The lowest BCUT2D eigenvalue weighted by atomic mass is 10.0. The fourth-order valence-electron chi connectivity index (χ4n) is 5.28. The van der Waals surface area contributed by atoms with Crippen LogP contribution in [0, 0.1) is 17.0 Å². The van der Waals surface area contributed by atoms with E-state index >= 15 is 0 Å². The van der Waals surface area contributed by atoms with Crippen molar-refractivity contribution in [3.05, 3.63) is 128 Å². The SMILES string of the molecule is COc1ccc(Cl)cc1N(CC(=O)N(Cc1cccc(Cl)c1)C(Cc1ccccc1)C(=O)NC(C)(C)C)S(=O)(=O)c1ccc(C)c([N+](=O)[O-])c1. The molecule has 0 saturated carbocycles. The maximum absolute atomic E-state index is 14.7. The molecule has 50 heavy (non-hydrogen) atoms. The molecule has 1 N–H and O–H groups in total. The first-order valence-corrected chi connectivity index (χ1v) is 17.7. The van der Waals surface area contributed by atoms with Gasteiger partial charge in [-0.05, 0) is 75.2 Å². The molecule has 0 bridgehead atoms. The third kappa shape index (κ3) is 9.52. The van der Waals surface area contributed by atoms with Gasteiger partial charge < -0.3 is 15.0 Å². The third-order valence-corrected chi connectivity index (χ3v) is 9.89. The van der Waals surface area contributed by atoms with Crippen molar-refractivity contribution in [2.75, 3.05) is 18.0 Å². The highest BCUT2D eigenvalue weighted by Crippen LogP contribution is 2.36.